The fraction of sp³-hybridized carbons (Fsp3) is 0.231. The second kappa shape index (κ2) is 6.13. The second-order valence-corrected chi connectivity index (χ2v) is 9.10. The van der Waals surface area contributed by atoms with E-state index in [1.165, 1.54) is 11.0 Å². The summed E-state index contributed by atoms with van der Waals surface area (Å²) in [5, 5.41) is 11.5. The molecule has 2 bridgehead atoms. The van der Waals surface area contributed by atoms with E-state index < -0.39 is 22.2 Å². The number of hydrogen-bond acceptors (Lipinski definition) is 4. The van der Waals surface area contributed by atoms with Crippen LogP contribution in [0, 0.1) is 28.9 Å². The molecule has 0 saturated carbocycles. The SMILES string of the molecule is Cc1ccc(N2C(=O)[C@H]3C4c5ccccc5C(C)(c5ccccc54)[C@H]3C2=O)cc1[N+](=O)[O-]. The fourth-order valence-electron chi connectivity index (χ4n) is 6.34. The van der Waals surface area contributed by atoms with E-state index >= 15 is 0 Å². The Morgan fingerprint density at radius 3 is 2.09 bits per heavy atom. The molecule has 1 saturated heterocycles. The van der Waals surface area contributed by atoms with Gasteiger partial charge < -0.3 is 0 Å². The zero-order chi connectivity index (χ0) is 22.4. The zero-order valence-corrected chi connectivity index (χ0v) is 17.6. The molecule has 0 aromatic heterocycles. The Bertz CT molecular complexity index is 1310. The van der Waals surface area contributed by atoms with Gasteiger partial charge in [0.05, 0.1) is 22.4 Å². The first-order valence-electron chi connectivity index (χ1n) is 10.7. The summed E-state index contributed by atoms with van der Waals surface area (Å²) >= 11 is 0. The van der Waals surface area contributed by atoms with Crippen molar-refractivity contribution in [3.8, 4) is 0 Å². The summed E-state index contributed by atoms with van der Waals surface area (Å²) < 4.78 is 0. The predicted octanol–water partition coefficient (Wildman–Crippen LogP) is 4.47. The van der Waals surface area contributed by atoms with Crippen LogP contribution < -0.4 is 4.90 Å². The van der Waals surface area contributed by atoms with Crippen molar-refractivity contribution in [3.05, 3.63) is 105 Å². The number of carbonyl (C=O) groups excluding carboxylic acids is 2. The Kier molecular flexibility index (Phi) is 3.62. The van der Waals surface area contributed by atoms with Crippen LogP contribution in [0.1, 0.15) is 40.7 Å². The van der Waals surface area contributed by atoms with E-state index in [1.54, 1.807) is 19.1 Å². The molecular formula is C26H20N2O4. The van der Waals surface area contributed by atoms with Gasteiger partial charge in [-0.3, -0.25) is 19.7 Å². The summed E-state index contributed by atoms with van der Waals surface area (Å²) in [4.78, 5) is 39.9. The number of nitro benzene ring substituents is 1. The topological polar surface area (TPSA) is 80.5 Å². The lowest BCUT2D eigenvalue weighted by atomic mass is 9.48. The van der Waals surface area contributed by atoms with Crippen molar-refractivity contribution in [1.29, 1.82) is 0 Å². The Balaban J connectivity index is 1.58. The predicted molar refractivity (Wildman–Crippen MR) is 118 cm³/mol. The van der Waals surface area contributed by atoms with Gasteiger partial charge in [0.1, 0.15) is 0 Å². The average Bonchev–Trinajstić information content (AvgIpc) is 3.06. The van der Waals surface area contributed by atoms with Gasteiger partial charge in [0.25, 0.3) is 5.69 Å². The maximum Gasteiger partial charge on any atom is 0.274 e. The molecule has 2 atom stereocenters. The van der Waals surface area contributed by atoms with E-state index in [4.69, 9.17) is 0 Å². The summed E-state index contributed by atoms with van der Waals surface area (Å²) in [6, 6.07) is 20.7. The molecule has 158 valence electrons. The van der Waals surface area contributed by atoms with Gasteiger partial charge in [-0.15, -0.1) is 0 Å². The van der Waals surface area contributed by atoms with Gasteiger partial charge in [-0.2, -0.15) is 0 Å². The number of benzene rings is 3. The van der Waals surface area contributed by atoms with E-state index in [-0.39, 0.29) is 29.1 Å². The third-order valence-corrected chi connectivity index (χ3v) is 7.69. The minimum absolute atomic E-state index is 0.0984. The second-order valence-electron chi connectivity index (χ2n) is 9.10. The Morgan fingerprint density at radius 1 is 0.906 bits per heavy atom. The average molecular weight is 424 g/mol. The molecule has 3 aromatic rings. The Morgan fingerprint density at radius 2 is 1.50 bits per heavy atom. The minimum atomic E-state index is -0.648. The first-order chi connectivity index (χ1) is 15.4. The van der Waals surface area contributed by atoms with E-state index in [0.717, 1.165) is 22.3 Å². The first-order valence-corrected chi connectivity index (χ1v) is 10.7. The lowest BCUT2D eigenvalue weighted by Gasteiger charge is -2.52. The molecule has 6 heteroatoms. The quantitative estimate of drug-likeness (QED) is 0.345. The van der Waals surface area contributed by atoms with Gasteiger partial charge in [0, 0.05) is 23.0 Å². The minimum Gasteiger partial charge on any atom is -0.274 e. The summed E-state index contributed by atoms with van der Waals surface area (Å²) in [6.45, 7) is 3.70. The molecule has 0 radical (unpaired) electrons. The number of nitrogens with zero attached hydrogens (tertiary/aromatic N) is 2. The van der Waals surface area contributed by atoms with Crippen molar-refractivity contribution in [3.63, 3.8) is 0 Å². The van der Waals surface area contributed by atoms with Gasteiger partial charge in [-0.05, 0) is 35.2 Å². The molecule has 4 aliphatic rings. The van der Waals surface area contributed by atoms with Crippen molar-refractivity contribution >= 4 is 23.2 Å². The third kappa shape index (κ3) is 2.09. The molecule has 3 aromatic carbocycles. The molecule has 1 heterocycles. The van der Waals surface area contributed by atoms with Crippen LogP contribution >= 0.6 is 0 Å². The number of nitro groups is 1. The number of amides is 2. The number of imide groups is 1. The number of aryl methyl sites for hydroxylation is 1. The molecule has 2 amide bonds. The summed E-state index contributed by atoms with van der Waals surface area (Å²) in [5.41, 5.74) is 4.36. The Labute approximate surface area is 184 Å². The van der Waals surface area contributed by atoms with Crippen LogP contribution in [0.4, 0.5) is 11.4 Å². The van der Waals surface area contributed by atoms with Crippen LogP contribution in [0.5, 0.6) is 0 Å². The van der Waals surface area contributed by atoms with Crippen LogP contribution in [0.3, 0.4) is 0 Å². The number of hydrogen-bond donors (Lipinski definition) is 0. The molecule has 0 unspecified atom stereocenters. The highest BCUT2D eigenvalue weighted by molar-refractivity contribution is 6.23. The highest BCUT2D eigenvalue weighted by Crippen LogP contribution is 2.64. The zero-order valence-electron chi connectivity index (χ0n) is 17.6. The Hall–Kier alpha value is -3.80. The molecule has 1 fully saturated rings. The highest BCUT2D eigenvalue weighted by Gasteiger charge is 2.66. The number of anilines is 1. The standard InChI is InChI=1S/C26H20N2O4/c1-14-11-12-15(13-20(14)28(31)32)27-24(29)22-21-16-7-3-5-9-18(16)26(2,23(22)25(27)30)19-10-6-4-8-17(19)21/h3-13,21-23H,1-2H3/t21?,22-,23+,26?/m0/s1. The van der Waals surface area contributed by atoms with E-state index in [0.29, 0.717) is 5.56 Å². The van der Waals surface area contributed by atoms with Crippen molar-refractivity contribution in [2.45, 2.75) is 25.2 Å². The van der Waals surface area contributed by atoms with Crippen molar-refractivity contribution in [2.75, 3.05) is 4.90 Å². The van der Waals surface area contributed by atoms with Gasteiger partial charge in [0.15, 0.2) is 0 Å². The summed E-state index contributed by atoms with van der Waals surface area (Å²) in [7, 11) is 0. The fourth-order valence-corrected chi connectivity index (χ4v) is 6.34. The molecule has 6 nitrogen and oxygen atoms in total. The van der Waals surface area contributed by atoms with E-state index in [9.17, 15) is 19.7 Å². The number of carbonyl (C=O) groups is 2. The lowest BCUT2D eigenvalue weighted by molar-refractivity contribution is -0.385. The van der Waals surface area contributed by atoms with Gasteiger partial charge >= 0.3 is 0 Å². The van der Waals surface area contributed by atoms with Gasteiger partial charge in [0.2, 0.25) is 11.8 Å². The highest BCUT2D eigenvalue weighted by atomic mass is 16.6. The summed E-state index contributed by atoms with van der Waals surface area (Å²) in [6.07, 6.45) is 0. The largest absolute Gasteiger partial charge is 0.274 e. The van der Waals surface area contributed by atoms with Crippen molar-refractivity contribution in [2.24, 2.45) is 11.8 Å². The van der Waals surface area contributed by atoms with Crippen molar-refractivity contribution in [1.82, 2.24) is 0 Å². The van der Waals surface area contributed by atoms with Crippen LogP contribution in [0.15, 0.2) is 66.7 Å². The molecule has 7 rings (SSSR count). The van der Waals surface area contributed by atoms with Gasteiger partial charge in [-0.1, -0.05) is 61.5 Å². The molecule has 0 N–H and O–H groups in total. The van der Waals surface area contributed by atoms with Crippen LogP contribution in [0.2, 0.25) is 0 Å². The molecule has 3 aliphatic carbocycles. The number of rotatable bonds is 2. The molecule has 1 aliphatic heterocycles. The maximum atomic E-state index is 13.9. The van der Waals surface area contributed by atoms with E-state index in [2.05, 4.69) is 31.2 Å². The third-order valence-electron chi connectivity index (χ3n) is 7.69. The molecular weight excluding hydrogens is 404 g/mol. The van der Waals surface area contributed by atoms with Crippen LogP contribution in [-0.4, -0.2) is 16.7 Å². The normalized spacial score (nSPS) is 27.2. The molecule has 32 heavy (non-hydrogen) atoms. The first kappa shape index (κ1) is 18.9. The smallest absolute Gasteiger partial charge is 0.274 e. The monoisotopic (exact) mass is 424 g/mol. The lowest BCUT2D eigenvalue weighted by Crippen LogP contribution is -2.51. The van der Waals surface area contributed by atoms with Gasteiger partial charge in [-0.25, -0.2) is 4.90 Å². The summed E-state index contributed by atoms with van der Waals surface area (Å²) in [5.74, 6) is -1.85. The van der Waals surface area contributed by atoms with Crippen molar-refractivity contribution < 1.29 is 14.5 Å². The van der Waals surface area contributed by atoms with Crippen LogP contribution in [0.25, 0.3) is 0 Å². The van der Waals surface area contributed by atoms with Crippen LogP contribution in [-0.2, 0) is 15.0 Å². The molecule has 0 spiro atoms. The maximum absolute atomic E-state index is 13.9. The van der Waals surface area contributed by atoms with E-state index in [1.807, 2.05) is 24.3 Å².